The zero-order chi connectivity index (χ0) is 15.9. The molecule has 0 heterocycles. The summed E-state index contributed by atoms with van der Waals surface area (Å²) in [6.45, 7) is 9.22. The third kappa shape index (κ3) is 7.67. The molecule has 5 nitrogen and oxygen atoms in total. The molecule has 0 aromatic rings. The van der Waals surface area contributed by atoms with Crippen LogP contribution in [-0.4, -0.2) is 44.0 Å². The SMILES string of the molecule is COC(C)CNC1CCCCC1CNC(=O)OC(C)(C)C. The predicted molar refractivity (Wildman–Crippen MR) is 84.5 cm³/mol. The summed E-state index contributed by atoms with van der Waals surface area (Å²) in [4.78, 5) is 11.7. The first-order valence-corrected chi connectivity index (χ1v) is 8.05. The van der Waals surface area contributed by atoms with Crippen LogP contribution in [0.5, 0.6) is 0 Å². The molecule has 0 spiro atoms. The lowest BCUT2D eigenvalue weighted by Gasteiger charge is -2.33. The van der Waals surface area contributed by atoms with Crippen LogP contribution in [0.4, 0.5) is 4.79 Å². The van der Waals surface area contributed by atoms with Gasteiger partial charge >= 0.3 is 6.09 Å². The Morgan fingerprint density at radius 1 is 1.29 bits per heavy atom. The molecule has 124 valence electrons. The second-order valence-electron chi connectivity index (χ2n) is 6.99. The predicted octanol–water partition coefficient (Wildman–Crippen LogP) is 2.69. The van der Waals surface area contributed by atoms with Gasteiger partial charge in [-0.1, -0.05) is 12.8 Å². The minimum absolute atomic E-state index is 0.214. The minimum atomic E-state index is -0.442. The van der Waals surface area contributed by atoms with Crippen molar-refractivity contribution in [3.8, 4) is 0 Å². The standard InChI is InChI=1S/C16H32N2O3/c1-12(20-5)10-17-14-9-7-6-8-13(14)11-18-15(19)21-16(2,3)4/h12-14,17H,6-11H2,1-5H3,(H,18,19). The number of methoxy groups -OCH3 is 1. The molecule has 0 radical (unpaired) electrons. The molecule has 1 rings (SSSR count). The molecule has 21 heavy (non-hydrogen) atoms. The Kier molecular flexibility index (Phi) is 7.46. The van der Waals surface area contributed by atoms with Gasteiger partial charge in [-0.2, -0.15) is 0 Å². The second kappa shape index (κ2) is 8.59. The highest BCUT2D eigenvalue weighted by molar-refractivity contribution is 5.67. The molecule has 3 atom stereocenters. The van der Waals surface area contributed by atoms with Crippen LogP contribution in [0.3, 0.4) is 0 Å². The van der Waals surface area contributed by atoms with Gasteiger partial charge in [-0.3, -0.25) is 0 Å². The maximum Gasteiger partial charge on any atom is 0.407 e. The van der Waals surface area contributed by atoms with Gasteiger partial charge in [0, 0.05) is 26.2 Å². The van der Waals surface area contributed by atoms with Crippen LogP contribution in [0.25, 0.3) is 0 Å². The normalized spacial score (nSPS) is 24.4. The van der Waals surface area contributed by atoms with Crippen LogP contribution < -0.4 is 10.6 Å². The number of carbonyl (C=O) groups excluding carboxylic acids is 1. The van der Waals surface area contributed by atoms with E-state index in [0.717, 1.165) is 19.4 Å². The topological polar surface area (TPSA) is 59.6 Å². The number of alkyl carbamates (subject to hydrolysis) is 1. The summed E-state index contributed by atoms with van der Waals surface area (Å²) in [6.07, 6.45) is 4.69. The lowest BCUT2D eigenvalue weighted by atomic mass is 9.84. The van der Waals surface area contributed by atoms with E-state index in [9.17, 15) is 4.79 Å². The Morgan fingerprint density at radius 2 is 1.95 bits per heavy atom. The first kappa shape index (κ1) is 18.2. The Bertz CT molecular complexity index is 315. The molecule has 1 amide bonds. The van der Waals surface area contributed by atoms with E-state index in [0.29, 0.717) is 18.5 Å². The molecule has 5 heteroatoms. The fourth-order valence-electron chi connectivity index (χ4n) is 2.65. The van der Waals surface area contributed by atoms with Crippen molar-refractivity contribution >= 4 is 6.09 Å². The number of ether oxygens (including phenoxy) is 2. The van der Waals surface area contributed by atoms with Crippen molar-refractivity contribution in [2.45, 2.75) is 71.1 Å². The highest BCUT2D eigenvalue weighted by Gasteiger charge is 2.26. The summed E-state index contributed by atoms with van der Waals surface area (Å²) in [5, 5.41) is 6.49. The molecular formula is C16H32N2O3. The summed E-state index contributed by atoms with van der Waals surface area (Å²) in [5.74, 6) is 0.468. The average Bonchev–Trinajstić information content (AvgIpc) is 2.41. The maximum absolute atomic E-state index is 11.7. The molecule has 0 aliphatic heterocycles. The molecule has 1 aliphatic rings. The van der Waals surface area contributed by atoms with E-state index in [-0.39, 0.29) is 12.2 Å². The molecule has 2 N–H and O–H groups in total. The van der Waals surface area contributed by atoms with Crippen LogP contribution in [0.1, 0.15) is 53.4 Å². The lowest BCUT2D eigenvalue weighted by molar-refractivity contribution is 0.0507. The summed E-state index contributed by atoms with van der Waals surface area (Å²) < 4.78 is 10.6. The van der Waals surface area contributed by atoms with Crippen LogP contribution in [-0.2, 0) is 9.47 Å². The van der Waals surface area contributed by atoms with E-state index in [1.807, 2.05) is 20.8 Å². The molecule has 0 saturated heterocycles. The van der Waals surface area contributed by atoms with Gasteiger partial charge in [0.1, 0.15) is 5.60 Å². The smallest absolute Gasteiger partial charge is 0.407 e. The van der Waals surface area contributed by atoms with Crippen molar-refractivity contribution in [1.82, 2.24) is 10.6 Å². The van der Waals surface area contributed by atoms with Crippen molar-refractivity contribution in [1.29, 1.82) is 0 Å². The van der Waals surface area contributed by atoms with E-state index in [1.165, 1.54) is 12.8 Å². The fraction of sp³-hybridized carbons (Fsp3) is 0.938. The molecule has 1 fully saturated rings. The number of hydrogen-bond acceptors (Lipinski definition) is 4. The van der Waals surface area contributed by atoms with Crippen molar-refractivity contribution in [3.05, 3.63) is 0 Å². The van der Waals surface area contributed by atoms with E-state index in [1.54, 1.807) is 7.11 Å². The average molecular weight is 300 g/mol. The Labute approximate surface area is 129 Å². The second-order valence-corrected chi connectivity index (χ2v) is 6.99. The number of carbonyl (C=O) groups is 1. The number of nitrogens with one attached hydrogen (secondary N) is 2. The summed E-state index contributed by atoms with van der Waals surface area (Å²) in [5.41, 5.74) is -0.442. The molecule has 0 bridgehead atoms. The largest absolute Gasteiger partial charge is 0.444 e. The first-order chi connectivity index (χ1) is 9.81. The first-order valence-electron chi connectivity index (χ1n) is 8.05. The van der Waals surface area contributed by atoms with Crippen LogP contribution in [0.2, 0.25) is 0 Å². The Balaban J connectivity index is 2.37. The quantitative estimate of drug-likeness (QED) is 0.792. The molecule has 1 aliphatic carbocycles. The number of amides is 1. The fourth-order valence-corrected chi connectivity index (χ4v) is 2.65. The van der Waals surface area contributed by atoms with E-state index >= 15 is 0 Å². The third-order valence-electron chi connectivity index (χ3n) is 3.89. The summed E-state index contributed by atoms with van der Waals surface area (Å²) >= 11 is 0. The monoisotopic (exact) mass is 300 g/mol. The molecular weight excluding hydrogens is 268 g/mol. The minimum Gasteiger partial charge on any atom is -0.444 e. The van der Waals surface area contributed by atoms with E-state index < -0.39 is 5.60 Å². The van der Waals surface area contributed by atoms with Gasteiger partial charge in [-0.15, -0.1) is 0 Å². The van der Waals surface area contributed by atoms with Crippen LogP contribution in [0, 0.1) is 5.92 Å². The number of rotatable bonds is 6. The zero-order valence-corrected chi connectivity index (χ0v) is 14.2. The summed E-state index contributed by atoms with van der Waals surface area (Å²) in [6, 6.07) is 0.450. The van der Waals surface area contributed by atoms with Gasteiger partial charge in [-0.05, 0) is 46.5 Å². The lowest BCUT2D eigenvalue weighted by Crippen LogP contribution is -2.46. The van der Waals surface area contributed by atoms with Gasteiger partial charge in [-0.25, -0.2) is 4.79 Å². The van der Waals surface area contributed by atoms with Gasteiger partial charge in [0.15, 0.2) is 0 Å². The highest BCUT2D eigenvalue weighted by Crippen LogP contribution is 2.24. The third-order valence-corrected chi connectivity index (χ3v) is 3.89. The van der Waals surface area contributed by atoms with Crippen molar-refractivity contribution < 1.29 is 14.3 Å². The van der Waals surface area contributed by atoms with Crippen molar-refractivity contribution in [2.75, 3.05) is 20.2 Å². The van der Waals surface area contributed by atoms with Gasteiger partial charge in [0.05, 0.1) is 6.10 Å². The molecule has 0 aromatic carbocycles. The number of hydrogen-bond donors (Lipinski definition) is 2. The van der Waals surface area contributed by atoms with Crippen LogP contribution in [0.15, 0.2) is 0 Å². The van der Waals surface area contributed by atoms with Crippen molar-refractivity contribution in [3.63, 3.8) is 0 Å². The van der Waals surface area contributed by atoms with E-state index in [4.69, 9.17) is 9.47 Å². The zero-order valence-electron chi connectivity index (χ0n) is 14.2. The summed E-state index contributed by atoms with van der Waals surface area (Å²) in [7, 11) is 1.73. The van der Waals surface area contributed by atoms with E-state index in [2.05, 4.69) is 17.6 Å². The Morgan fingerprint density at radius 3 is 2.57 bits per heavy atom. The van der Waals surface area contributed by atoms with Gasteiger partial charge in [0.2, 0.25) is 0 Å². The van der Waals surface area contributed by atoms with Crippen molar-refractivity contribution in [2.24, 2.45) is 5.92 Å². The Hall–Kier alpha value is -0.810. The van der Waals surface area contributed by atoms with Gasteiger partial charge in [0.25, 0.3) is 0 Å². The highest BCUT2D eigenvalue weighted by atomic mass is 16.6. The maximum atomic E-state index is 11.7. The molecule has 1 saturated carbocycles. The van der Waals surface area contributed by atoms with Gasteiger partial charge < -0.3 is 20.1 Å². The van der Waals surface area contributed by atoms with Crippen LogP contribution >= 0.6 is 0 Å². The molecule has 3 unspecified atom stereocenters. The molecule has 0 aromatic heterocycles.